The lowest BCUT2D eigenvalue weighted by Crippen LogP contribution is -2.63. The summed E-state index contributed by atoms with van der Waals surface area (Å²) < 4.78 is 5.82. The van der Waals surface area contributed by atoms with Crippen LogP contribution in [-0.2, 0) is 10.3 Å². The third-order valence-corrected chi connectivity index (χ3v) is 6.15. The number of nitrogens with zero attached hydrogens (tertiary/aromatic N) is 2. The third kappa shape index (κ3) is 2.63. The van der Waals surface area contributed by atoms with Gasteiger partial charge in [-0.2, -0.15) is 0 Å². The summed E-state index contributed by atoms with van der Waals surface area (Å²) in [5.74, 6) is 1.04. The molecule has 0 bridgehead atoms. The van der Waals surface area contributed by atoms with Crippen LogP contribution in [0.2, 0.25) is 0 Å². The summed E-state index contributed by atoms with van der Waals surface area (Å²) in [6.45, 7) is 8.20. The molecule has 2 atom stereocenters. The molecule has 5 heteroatoms. The van der Waals surface area contributed by atoms with Gasteiger partial charge in [-0.1, -0.05) is 0 Å². The van der Waals surface area contributed by atoms with Gasteiger partial charge >= 0.3 is 0 Å². The summed E-state index contributed by atoms with van der Waals surface area (Å²) in [5.41, 5.74) is 15.4. The minimum absolute atomic E-state index is 0.207. The number of rotatable bonds is 2. The zero-order chi connectivity index (χ0) is 17.1. The van der Waals surface area contributed by atoms with Crippen LogP contribution in [0, 0.1) is 12.3 Å². The Hall–Kier alpha value is -1.17. The minimum atomic E-state index is -0.207. The molecule has 1 spiro atoms. The van der Waals surface area contributed by atoms with Crippen molar-refractivity contribution in [3.8, 4) is 0 Å². The minimum Gasteiger partial charge on any atom is -0.372 e. The molecule has 1 aromatic rings. The second-order valence-electron chi connectivity index (χ2n) is 8.70. The van der Waals surface area contributed by atoms with E-state index < -0.39 is 0 Å². The van der Waals surface area contributed by atoms with E-state index in [0.29, 0.717) is 11.5 Å². The topological polar surface area (TPSA) is 77.4 Å². The maximum Gasteiger partial charge on any atom is 0.128 e. The highest BCUT2D eigenvalue weighted by atomic mass is 16.5. The second kappa shape index (κ2) is 5.41. The molecular weight excluding hydrogens is 300 g/mol. The zero-order valence-corrected chi connectivity index (χ0v) is 15.1. The van der Waals surface area contributed by atoms with Gasteiger partial charge in [-0.25, -0.2) is 4.98 Å². The van der Waals surface area contributed by atoms with Crippen molar-refractivity contribution in [2.45, 2.75) is 70.2 Å². The van der Waals surface area contributed by atoms with E-state index in [2.05, 4.69) is 31.7 Å². The van der Waals surface area contributed by atoms with Crippen molar-refractivity contribution in [1.82, 2.24) is 4.98 Å². The van der Waals surface area contributed by atoms with Crippen molar-refractivity contribution in [1.29, 1.82) is 0 Å². The molecule has 1 saturated heterocycles. The van der Waals surface area contributed by atoms with E-state index in [9.17, 15) is 0 Å². The summed E-state index contributed by atoms with van der Waals surface area (Å²) in [5, 5.41) is 0. The van der Waals surface area contributed by atoms with E-state index in [1.807, 2.05) is 6.20 Å². The first-order valence-electron chi connectivity index (χ1n) is 9.21. The fraction of sp³-hybridized carbons (Fsp3) is 0.737. The largest absolute Gasteiger partial charge is 0.372 e. The highest BCUT2D eigenvalue weighted by molar-refractivity contribution is 5.47. The van der Waals surface area contributed by atoms with Gasteiger partial charge in [-0.05, 0) is 69.1 Å². The molecule has 1 aromatic heterocycles. The zero-order valence-electron chi connectivity index (χ0n) is 15.1. The number of pyridine rings is 1. The molecule has 0 aromatic carbocycles. The van der Waals surface area contributed by atoms with Crippen molar-refractivity contribution >= 4 is 5.82 Å². The molecule has 3 aliphatic rings. The van der Waals surface area contributed by atoms with Crippen LogP contribution >= 0.6 is 0 Å². The maximum atomic E-state index is 6.71. The van der Waals surface area contributed by atoms with Crippen molar-refractivity contribution in [3.63, 3.8) is 0 Å². The highest BCUT2D eigenvalue weighted by Gasteiger charge is 2.58. The smallest absolute Gasteiger partial charge is 0.128 e. The van der Waals surface area contributed by atoms with Gasteiger partial charge in [0.15, 0.2) is 0 Å². The van der Waals surface area contributed by atoms with Crippen LogP contribution in [0.5, 0.6) is 0 Å². The van der Waals surface area contributed by atoms with Crippen molar-refractivity contribution < 1.29 is 4.74 Å². The number of aromatic nitrogens is 1. The molecule has 4 N–H and O–H groups in total. The molecule has 0 unspecified atom stereocenters. The normalized spacial score (nSPS) is 41.9. The molecule has 0 radical (unpaired) electrons. The summed E-state index contributed by atoms with van der Waals surface area (Å²) >= 11 is 0. The third-order valence-electron chi connectivity index (χ3n) is 6.15. The van der Waals surface area contributed by atoms with Gasteiger partial charge in [0.05, 0.1) is 12.2 Å². The van der Waals surface area contributed by atoms with Gasteiger partial charge in [-0.15, -0.1) is 0 Å². The Labute approximate surface area is 144 Å². The predicted octanol–water partition coefficient (Wildman–Crippen LogP) is 2.06. The van der Waals surface area contributed by atoms with Crippen molar-refractivity contribution in [2.75, 3.05) is 18.0 Å². The molecule has 2 saturated carbocycles. The Kier molecular flexibility index (Phi) is 3.68. The molecular formula is C19H30N4O. The van der Waals surface area contributed by atoms with Gasteiger partial charge in [0.1, 0.15) is 5.82 Å². The Morgan fingerprint density at radius 1 is 1.21 bits per heavy atom. The van der Waals surface area contributed by atoms with E-state index in [0.717, 1.165) is 44.6 Å². The number of nitrogens with two attached hydrogens (primary N) is 2. The summed E-state index contributed by atoms with van der Waals surface area (Å²) in [7, 11) is 0. The van der Waals surface area contributed by atoms with Crippen LogP contribution < -0.4 is 16.4 Å². The SMILES string of the molecule is Cc1cc(N2C[C@@H](C)O[C@@H](C)C2)ncc1C1(N)CC2(CC(N)C2)C1. The molecule has 3 fully saturated rings. The Bertz CT molecular complexity index is 622. The van der Waals surface area contributed by atoms with Crippen LogP contribution in [0.1, 0.15) is 50.7 Å². The molecule has 2 heterocycles. The number of aryl methyl sites for hydroxylation is 1. The quantitative estimate of drug-likeness (QED) is 0.868. The Balaban J connectivity index is 1.51. The number of hydrogen-bond donors (Lipinski definition) is 2. The number of morpholine rings is 1. The standard InChI is InChI=1S/C19H30N4O/c1-12-4-17(23-8-13(2)24-14(3)9-23)22-7-16(12)19(21)10-18(11-19)5-15(20)6-18/h4,7,13-15H,5-6,8-11,20-21H2,1-3H3/t13-,14+,15?,18?,19?. The fourth-order valence-electron chi connectivity index (χ4n) is 5.42. The fourth-order valence-corrected chi connectivity index (χ4v) is 5.42. The summed E-state index contributed by atoms with van der Waals surface area (Å²) in [4.78, 5) is 7.08. The Morgan fingerprint density at radius 2 is 1.83 bits per heavy atom. The first-order chi connectivity index (χ1) is 11.3. The molecule has 2 aliphatic carbocycles. The first-order valence-corrected chi connectivity index (χ1v) is 9.21. The second-order valence-corrected chi connectivity index (χ2v) is 8.70. The van der Waals surface area contributed by atoms with Gasteiger partial charge in [0, 0.05) is 30.9 Å². The molecule has 0 amide bonds. The van der Waals surface area contributed by atoms with E-state index in [1.54, 1.807) is 0 Å². The van der Waals surface area contributed by atoms with E-state index in [-0.39, 0.29) is 17.7 Å². The van der Waals surface area contributed by atoms with Crippen LogP contribution in [0.25, 0.3) is 0 Å². The van der Waals surface area contributed by atoms with Gasteiger partial charge in [0.2, 0.25) is 0 Å². The van der Waals surface area contributed by atoms with E-state index >= 15 is 0 Å². The van der Waals surface area contributed by atoms with Crippen molar-refractivity contribution in [2.24, 2.45) is 16.9 Å². The number of anilines is 1. The van der Waals surface area contributed by atoms with Crippen LogP contribution in [0.15, 0.2) is 12.3 Å². The summed E-state index contributed by atoms with van der Waals surface area (Å²) in [6.07, 6.45) is 6.89. The van der Waals surface area contributed by atoms with Gasteiger partial charge in [0.25, 0.3) is 0 Å². The number of hydrogen-bond acceptors (Lipinski definition) is 5. The monoisotopic (exact) mass is 330 g/mol. The van der Waals surface area contributed by atoms with Crippen LogP contribution in [0.4, 0.5) is 5.82 Å². The van der Waals surface area contributed by atoms with Gasteiger partial charge < -0.3 is 21.1 Å². The Morgan fingerprint density at radius 3 is 2.38 bits per heavy atom. The molecule has 4 rings (SSSR count). The molecule has 132 valence electrons. The average molecular weight is 330 g/mol. The van der Waals surface area contributed by atoms with Crippen LogP contribution in [-0.4, -0.2) is 36.3 Å². The summed E-state index contributed by atoms with van der Waals surface area (Å²) in [6, 6.07) is 2.59. The lowest BCUT2D eigenvalue weighted by molar-refractivity contribution is -0.0593. The lowest BCUT2D eigenvalue weighted by Gasteiger charge is -2.62. The predicted molar refractivity (Wildman–Crippen MR) is 95.9 cm³/mol. The molecule has 24 heavy (non-hydrogen) atoms. The number of ether oxygens (including phenoxy) is 1. The molecule has 1 aliphatic heterocycles. The maximum absolute atomic E-state index is 6.71. The average Bonchev–Trinajstić information content (AvgIpc) is 2.42. The van der Waals surface area contributed by atoms with Gasteiger partial charge in [-0.3, -0.25) is 0 Å². The molecule has 5 nitrogen and oxygen atoms in total. The van der Waals surface area contributed by atoms with Crippen molar-refractivity contribution in [3.05, 3.63) is 23.4 Å². The van der Waals surface area contributed by atoms with E-state index in [4.69, 9.17) is 21.2 Å². The highest BCUT2D eigenvalue weighted by Crippen LogP contribution is 2.62. The lowest BCUT2D eigenvalue weighted by atomic mass is 9.46. The van der Waals surface area contributed by atoms with Crippen LogP contribution in [0.3, 0.4) is 0 Å². The van der Waals surface area contributed by atoms with E-state index in [1.165, 1.54) is 11.1 Å². The first kappa shape index (κ1) is 16.3.